The molecule has 2 rings (SSSR count). The zero-order valence-electron chi connectivity index (χ0n) is 8.28. The molecule has 1 aromatic rings. The lowest BCUT2D eigenvalue weighted by Gasteiger charge is -2.26. The SMILES string of the molecule is NC1CCC(NCc2cncs2)CC1. The Bertz CT molecular complexity index is 252. The number of rotatable bonds is 3. The van der Waals surface area contributed by atoms with Gasteiger partial charge in [-0.25, -0.2) is 0 Å². The first-order valence-corrected chi connectivity index (χ1v) is 6.09. The fraction of sp³-hybridized carbons (Fsp3) is 0.700. The maximum atomic E-state index is 5.85. The fourth-order valence-electron chi connectivity index (χ4n) is 1.90. The average Bonchev–Trinajstić information content (AvgIpc) is 2.70. The fourth-order valence-corrected chi connectivity index (χ4v) is 2.44. The van der Waals surface area contributed by atoms with Gasteiger partial charge in [-0.3, -0.25) is 4.98 Å². The Balaban J connectivity index is 1.71. The minimum absolute atomic E-state index is 0.441. The predicted molar refractivity (Wildman–Crippen MR) is 59.2 cm³/mol. The van der Waals surface area contributed by atoms with Gasteiger partial charge in [0, 0.05) is 29.7 Å². The summed E-state index contributed by atoms with van der Waals surface area (Å²) in [6.07, 6.45) is 6.72. The third-order valence-corrected chi connectivity index (χ3v) is 3.60. The summed E-state index contributed by atoms with van der Waals surface area (Å²) in [6.45, 7) is 0.963. The summed E-state index contributed by atoms with van der Waals surface area (Å²) in [4.78, 5) is 5.38. The van der Waals surface area contributed by atoms with Gasteiger partial charge in [-0.05, 0) is 25.7 Å². The summed E-state index contributed by atoms with van der Waals surface area (Å²) in [5.74, 6) is 0. The number of nitrogens with zero attached hydrogens (tertiary/aromatic N) is 1. The van der Waals surface area contributed by atoms with Crippen LogP contribution in [0.15, 0.2) is 11.7 Å². The first-order chi connectivity index (χ1) is 6.84. The van der Waals surface area contributed by atoms with Crippen molar-refractivity contribution < 1.29 is 0 Å². The molecule has 1 saturated carbocycles. The number of aromatic nitrogens is 1. The van der Waals surface area contributed by atoms with Gasteiger partial charge < -0.3 is 11.1 Å². The molecule has 0 atom stereocenters. The molecule has 4 heteroatoms. The molecule has 3 nitrogen and oxygen atoms in total. The van der Waals surface area contributed by atoms with Crippen molar-refractivity contribution in [3.8, 4) is 0 Å². The summed E-state index contributed by atoms with van der Waals surface area (Å²) in [7, 11) is 0. The monoisotopic (exact) mass is 211 g/mol. The lowest BCUT2D eigenvalue weighted by molar-refractivity contribution is 0.342. The largest absolute Gasteiger partial charge is 0.328 e. The van der Waals surface area contributed by atoms with E-state index in [0.717, 1.165) is 6.54 Å². The van der Waals surface area contributed by atoms with Crippen LogP contribution in [0, 0.1) is 0 Å². The van der Waals surface area contributed by atoms with Crippen molar-refractivity contribution in [2.24, 2.45) is 5.73 Å². The number of hydrogen-bond acceptors (Lipinski definition) is 4. The minimum Gasteiger partial charge on any atom is -0.328 e. The second kappa shape index (κ2) is 4.87. The van der Waals surface area contributed by atoms with Gasteiger partial charge in [-0.2, -0.15) is 0 Å². The summed E-state index contributed by atoms with van der Waals surface area (Å²) < 4.78 is 0. The third-order valence-electron chi connectivity index (χ3n) is 2.82. The van der Waals surface area contributed by atoms with E-state index in [4.69, 9.17) is 5.73 Å². The third kappa shape index (κ3) is 2.77. The molecule has 0 aliphatic heterocycles. The molecule has 1 heterocycles. The highest BCUT2D eigenvalue weighted by molar-refractivity contribution is 7.09. The van der Waals surface area contributed by atoms with E-state index in [-0.39, 0.29) is 0 Å². The van der Waals surface area contributed by atoms with Crippen molar-refractivity contribution in [1.29, 1.82) is 0 Å². The van der Waals surface area contributed by atoms with Gasteiger partial charge in [-0.15, -0.1) is 11.3 Å². The Morgan fingerprint density at radius 2 is 2.21 bits per heavy atom. The van der Waals surface area contributed by atoms with E-state index in [1.807, 2.05) is 11.7 Å². The van der Waals surface area contributed by atoms with Crippen LogP contribution < -0.4 is 11.1 Å². The van der Waals surface area contributed by atoms with Crippen molar-refractivity contribution in [2.75, 3.05) is 0 Å². The maximum Gasteiger partial charge on any atom is 0.0794 e. The Labute approximate surface area is 88.7 Å². The zero-order valence-corrected chi connectivity index (χ0v) is 9.09. The van der Waals surface area contributed by atoms with Crippen LogP contribution in [-0.2, 0) is 6.54 Å². The number of hydrogen-bond donors (Lipinski definition) is 2. The van der Waals surface area contributed by atoms with Crippen LogP contribution >= 0.6 is 11.3 Å². The molecule has 0 aromatic carbocycles. The molecule has 0 unspecified atom stereocenters. The van der Waals surface area contributed by atoms with E-state index in [9.17, 15) is 0 Å². The molecular formula is C10H17N3S. The molecule has 14 heavy (non-hydrogen) atoms. The molecule has 0 spiro atoms. The summed E-state index contributed by atoms with van der Waals surface area (Å²) in [6, 6.07) is 1.10. The summed E-state index contributed by atoms with van der Waals surface area (Å²) in [5.41, 5.74) is 7.73. The highest BCUT2D eigenvalue weighted by Gasteiger charge is 2.17. The first kappa shape index (κ1) is 10.1. The van der Waals surface area contributed by atoms with Gasteiger partial charge in [0.25, 0.3) is 0 Å². The molecule has 0 amide bonds. The van der Waals surface area contributed by atoms with E-state index in [1.54, 1.807) is 11.3 Å². The Morgan fingerprint density at radius 1 is 1.43 bits per heavy atom. The van der Waals surface area contributed by atoms with E-state index in [0.29, 0.717) is 12.1 Å². The maximum absolute atomic E-state index is 5.85. The van der Waals surface area contributed by atoms with E-state index >= 15 is 0 Å². The number of nitrogens with two attached hydrogens (primary N) is 1. The molecule has 1 aromatic heterocycles. The Kier molecular flexibility index (Phi) is 3.50. The quantitative estimate of drug-likeness (QED) is 0.796. The molecule has 1 fully saturated rings. The van der Waals surface area contributed by atoms with Gasteiger partial charge in [0.15, 0.2) is 0 Å². The van der Waals surface area contributed by atoms with Crippen LogP contribution in [0.4, 0.5) is 0 Å². The normalized spacial score (nSPS) is 27.8. The van der Waals surface area contributed by atoms with Gasteiger partial charge in [0.05, 0.1) is 5.51 Å². The lowest BCUT2D eigenvalue weighted by atomic mass is 9.92. The standard InChI is InChI=1S/C10H17N3S/c11-8-1-3-9(4-2-8)13-6-10-5-12-7-14-10/h5,7-9,13H,1-4,6,11H2. The van der Waals surface area contributed by atoms with E-state index in [1.165, 1.54) is 30.6 Å². The predicted octanol–water partition coefficient (Wildman–Crippen LogP) is 1.50. The van der Waals surface area contributed by atoms with Crippen LogP contribution in [-0.4, -0.2) is 17.1 Å². The van der Waals surface area contributed by atoms with Crippen LogP contribution in [0.1, 0.15) is 30.6 Å². The van der Waals surface area contributed by atoms with Crippen molar-refractivity contribution in [1.82, 2.24) is 10.3 Å². The van der Waals surface area contributed by atoms with E-state index < -0.39 is 0 Å². The zero-order chi connectivity index (χ0) is 9.80. The Morgan fingerprint density at radius 3 is 2.86 bits per heavy atom. The number of thiazole rings is 1. The van der Waals surface area contributed by atoms with Gasteiger partial charge in [-0.1, -0.05) is 0 Å². The smallest absolute Gasteiger partial charge is 0.0794 e. The van der Waals surface area contributed by atoms with Crippen LogP contribution in [0.25, 0.3) is 0 Å². The highest BCUT2D eigenvalue weighted by Crippen LogP contribution is 2.17. The molecule has 3 N–H and O–H groups in total. The second-order valence-electron chi connectivity index (χ2n) is 3.96. The molecule has 0 radical (unpaired) electrons. The number of nitrogens with one attached hydrogen (secondary N) is 1. The topological polar surface area (TPSA) is 50.9 Å². The minimum atomic E-state index is 0.441. The molecule has 0 saturated heterocycles. The molecule has 1 aliphatic carbocycles. The van der Waals surface area contributed by atoms with Crippen molar-refractivity contribution >= 4 is 11.3 Å². The first-order valence-electron chi connectivity index (χ1n) is 5.21. The molecular weight excluding hydrogens is 194 g/mol. The van der Waals surface area contributed by atoms with Gasteiger partial charge in [0.1, 0.15) is 0 Å². The van der Waals surface area contributed by atoms with Crippen LogP contribution in [0.2, 0.25) is 0 Å². The average molecular weight is 211 g/mol. The molecule has 78 valence electrons. The van der Waals surface area contributed by atoms with Crippen LogP contribution in [0.5, 0.6) is 0 Å². The lowest BCUT2D eigenvalue weighted by Crippen LogP contribution is -2.36. The highest BCUT2D eigenvalue weighted by atomic mass is 32.1. The molecule has 1 aliphatic rings. The molecule has 0 bridgehead atoms. The van der Waals surface area contributed by atoms with Gasteiger partial charge in [0.2, 0.25) is 0 Å². The van der Waals surface area contributed by atoms with Gasteiger partial charge >= 0.3 is 0 Å². The second-order valence-corrected chi connectivity index (χ2v) is 4.93. The summed E-state index contributed by atoms with van der Waals surface area (Å²) in [5, 5.41) is 3.56. The van der Waals surface area contributed by atoms with Crippen molar-refractivity contribution in [2.45, 2.75) is 44.3 Å². The van der Waals surface area contributed by atoms with Crippen LogP contribution in [0.3, 0.4) is 0 Å². The van der Waals surface area contributed by atoms with E-state index in [2.05, 4.69) is 10.3 Å². The van der Waals surface area contributed by atoms with Crippen molar-refractivity contribution in [3.05, 3.63) is 16.6 Å². The summed E-state index contributed by atoms with van der Waals surface area (Å²) >= 11 is 1.71. The Hall–Kier alpha value is -0.450. The van der Waals surface area contributed by atoms with Crippen molar-refractivity contribution in [3.63, 3.8) is 0 Å².